The van der Waals surface area contributed by atoms with E-state index in [1.165, 1.54) is 82.6 Å². The summed E-state index contributed by atoms with van der Waals surface area (Å²) in [5, 5.41) is 0. The lowest BCUT2D eigenvalue weighted by atomic mass is 9.68. The fraction of sp³-hybridized carbons (Fsp3) is 0.474. The summed E-state index contributed by atoms with van der Waals surface area (Å²) in [5.74, 6) is 0.656. The Morgan fingerprint density at radius 1 is 0.714 bits per heavy atom. The van der Waals surface area contributed by atoms with E-state index in [0.717, 1.165) is 47.3 Å². The van der Waals surface area contributed by atoms with Crippen LogP contribution < -0.4 is 4.74 Å². The first-order valence-electron chi connectivity index (χ1n) is 16.1. The van der Waals surface area contributed by atoms with Gasteiger partial charge in [0, 0.05) is 5.56 Å². The standard InChI is InChI=1S/C38H45F3O/c1-3-5-6-7-26-8-10-27(11-9-26)28-12-16-30(17-13-28)33-21-20-32(25-35(33)39)29-14-18-31(19-15-29)34-22-23-36(42-24-4-2)38(41)37(34)40/h4,14-15,18-28,30H,3,5-13,16-17H2,1-2H3. The summed E-state index contributed by atoms with van der Waals surface area (Å²) in [6, 6.07) is 15.7. The van der Waals surface area contributed by atoms with Crippen LogP contribution in [-0.2, 0) is 0 Å². The molecule has 4 heteroatoms. The topological polar surface area (TPSA) is 9.23 Å². The van der Waals surface area contributed by atoms with Gasteiger partial charge in [-0.25, -0.2) is 8.78 Å². The molecule has 0 aliphatic heterocycles. The van der Waals surface area contributed by atoms with Gasteiger partial charge in [-0.05, 0) is 110 Å². The fourth-order valence-electron chi connectivity index (χ4n) is 7.40. The molecule has 3 aromatic rings. The minimum atomic E-state index is -1.02. The van der Waals surface area contributed by atoms with Gasteiger partial charge >= 0.3 is 0 Å². The van der Waals surface area contributed by atoms with E-state index in [2.05, 4.69) is 6.92 Å². The van der Waals surface area contributed by atoms with E-state index in [-0.39, 0.29) is 17.1 Å². The highest BCUT2D eigenvalue weighted by molar-refractivity contribution is 5.71. The van der Waals surface area contributed by atoms with E-state index in [1.807, 2.05) is 24.3 Å². The highest BCUT2D eigenvalue weighted by Gasteiger charge is 2.32. The zero-order chi connectivity index (χ0) is 29.5. The van der Waals surface area contributed by atoms with E-state index in [9.17, 15) is 8.78 Å². The van der Waals surface area contributed by atoms with Gasteiger partial charge in [-0.1, -0.05) is 87.9 Å². The van der Waals surface area contributed by atoms with Crippen LogP contribution in [0.4, 0.5) is 13.2 Å². The highest BCUT2D eigenvalue weighted by Crippen LogP contribution is 2.45. The minimum absolute atomic E-state index is 0.141. The van der Waals surface area contributed by atoms with Gasteiger partial charge in [0.05, 0.1) is 6.26 Å². The van der Waals surface area contributed by atoms with Crippen LogP contribution in [0.25, 0.3) is 22.3 Å². The SMILES string of the molecule is CC=COc1ccc(-c2ccc(-c3ccc(C4CCC(C5CCC(CCCCC)CC5)CC4)c(F)c3)cc2)c(F)c1F. The summed E-state index contributed by atoms with van der Waals surface area (Å²) in [6.07, 6.45) is 18.6. The Morgan fingerprint density at radius 2 is 1.36 bits per heavy atom. The molecule has 0 spiro atoms. The maximum atomic E-state index is 15.4. The molecule has 5 rings (SSSR count). The molecule has 3 aromatic carbocycles. The van der Waals surface area contributed by atoms with Gasteiger partial charge in [0.15, 0.2) is 11.6 Å². The van der Waals surface area contributed by atoms with Crippen molar-refractivity contribution in [2.75, 3.05) is 0 Å². The number of rotatable bonds is 10. The van der Waals surface area contributed by atoms with Gasteiger partial charge in [0.25, 0.3) is 0 Å². The third-order valence-corrected chi connectivity index (χ3v) is 9.89. The maximum absolute atomic E-state index is 15.4. The van der Waals surface area contributed by atoms with E-state index in [0.29, 0.717) is 11.5 Å². The van der Waals surface area contributed by atoms with Crippen LogP contribution in [0.3, 0.4) is 0 Å². The van der Waals surface area contributed by atoms with E-state index in [1.54, 1.807) is 31.2 Å². The Hall–Kier alpha value is -3.01. The molecule has 0 heterocycles. The first kappa shape index (κ1) is 30.4. The van der Waals surface area contributed by atoms with Crippen molar-refractivity contribution in [1.29, 1.82) is 0 Å². The number of halogens is 3. The third kappa shape index (κ3) is 7.13. The summed E-state index contributed by atoms with van der Waals surface area (Å²) < 4.78 is 49.7. The minimum Gasteiger partial charge on any atom is -0.462 e. The molecule has 0 saturated heterocycles. The zero-order valence-corrected chi connectivity index (χ0v) is 25.2. The zero-order valence-electron chi connectivity index (χ0n) is 25.2. The second-order valence-corrected chi connectivity index (χ2v) is 12.5. The van der Waals surface area contributed by atoms with Crippen LogP contribution in [0.15, 0.2) is 66.9 Å². The van der Waals surface area contributed by atoms with Crippen LogP contribution >= 0.6 is 0 Å². The van der Waals surface area contributed by atoms with Crippen molar-refractivity contribution in [1.82, 2.24) is 0 Å². The number of ether oxygens (including phenoxy) is 1. The third-order valence-electron chi connectivity index (χ3n) is 9.89. The van der Waals surface area contributed by atoms with E-state index >= 15 is 4.39 Å². The Balaban J connectivity index is 1.18. The fourth-order valence-corrected chi connectivity index (χ4v) is 7.40. The number of hydrogen-bond donors (Lipinski definition) is 0. The lowest BCUT2D eigenvalue weighted by Gasteiger charge is -2.38. The predicted octanol–water partition coefficient (Wildman–Crippen LogP) is 12.0. The molecule has 0 unspecified atom stereocenters. The molecule has 2 fully saturated rings. The molecular formula is C38H45F3O. The first-order chi connectivity index (χ1) is 20.5. The average Bonchev–Trinajstić information content (AvgIpc) is 3.02. The van der Waals surface area contributed by atoms with Crippen LogP contribution in [0, 0.1) is 35.2 Å². The predicted molar refractivity (Wildman–Crippen MR) is 167 cm³/mol. The smallest absolute Gasteiger partial charge is 0.201 e. The van der Waals surface area contributed by atoms with Crippen molar-refractivity contribution >= 4 is 0 Å². The van der Waals surface area contributed by atoms with Crippen LogP contribution in [0.1, 0.15) is 102 Å². The van der Waals surface area contributed by atoms with E-state index in [4.69, 9.17) is 4.74 Å². The lowest BCUT2D eigenvalue weighted by molar-refractivity contribution is 0.155. The molecule has 224 valence electrons. The van der Waals surface area contributed by atoms with Crippen molar-refractivity contribution in [3.63, 3.8) is 0 Å². The summed E-state index contributed by atoms with van der Waals surface area (Å²) >= 11 is 0. The number of hydrogen-bond acceptors (Lipinski definition) is 1. The van der Waals surface area contributed by atoms with Gasteiger partial charge in [-0.2, -0.15) is 4.39 Å². The van der Waals surface area contributed by atoms with Crippen LogP contribution in [-0.4, -0.2) is 0 Å². The van der Waals surface area contributed by atoms with Gasteiger partial charge in [0.2, 0.25) is 5.82 Å². The number of benzene rings is 3. The van der Waals surface area contributed by atoms with Crippen molar-refractivity contribution in [2.45, 2.75) is 96.8 Å². The summed E-state index contributed by atoms with van der Waals surface area (Å²) in [4.78, 5) is 0. The van der Waals surface area contributed by atoms with Crippen LogP contribution in [0.2, 0.25) is 0 Å². The van der Waals surface area contributed by atoms with Gasteiger partial charge < -0.3 is 4.74 Å². The van der Waals surface area contributed by atoms with Crippen LogP contribution in [0.5, 0.6) is 5.75 Å². The molecule has 0 bridgehead atoms. The molecule has 0 atom stereocenters. The molecule has 42 heavy (non-hydrogen) atoms. The summed E-state index contributed by atoms with van der Waals surface area (Å²) in [6.45, 7) is 4.02. The molecule has 0 amide bonds. The molecule has 2 saturated carbocycles. The Labute approximate surface area is 250 Å². The van der Waals surface area contributed by atoms with E-state index < -0.39 is 11.6 Å². The Kier molecular flexibility index (Phi) is 10.5. The summed E-state index contributed by atoms with van der Waals surface area (Å²) in [7, 11) is 0. The highest BCUT2D eigenvalue weighted by atomic mass is 19.2. The molecule has 0 N–H and O–H groups in total. The van der Waals surface area contributed by atoms with Gasteiger partial charge in [-0.15, -0.1) is 0 Å². The second-order valence-electron chi connectivity index (χ2n) is 12.5. The quantitative estimate of drug-likeness (QED) is 0.173. The second kappa shape index (κ2) is 14.4. The Bertz CT molecular complexity index is 1330. The molecule has 0 aromatic heterocycles. The van der Waals surface area contributed by atoms with Gasteiger partial charge in [0.1, 0.15) is 5.82 Å². The van der Waals surface area contributed by atoms with Crippen molar-refractivity contribution in [3.8, 4) is 28.0 Å². The normalized spacial score (nSPS) is 22.9. The average molecular weight is 575 g/mol. The molecule has 0 radical (unpaired) electrons. The lowest BCUT2D eigenvalue weighted by Crippen LogP contribution is -2.25. The molecule has 1 nitrogen and oxygen atoms in total. The number of allylic oxidation sites excluding steroid dienone is 1. The Morgan fingerprint density at radius 3 is 2.00 bits per heavy atom. The van der Waals surface area contributed by atoms with Crippen molar-refractivity contribution < 1.29 is 17.9 Å². The number of unbranched alkanes of at least 4 members (excludes halogenated alkanes) is 2. The molecular weight excluding hydrogens is 529 g/mol. The monoisotopic (exact) mass is 574 g/mol. The first-order valence-corrected chi connectivity index (χ1v) is 16.1. The van der Waals surface area contributed by atoms with Crippen molar-refractivity contribution in [2.24, 2.45) is 17.8 Å². The van der Waals surface area contributed by atoms with Gasteiger partial charge in [-0.3, -0.25) is 0 Å². The maximum Gasteiger partial charge on any atom is 0.201 e. The summed E-state index contributed by atoms with van der Waals surface area (Å²) in [5.41, 5.74) is 3.17. The molecule has 2 aliphatic carbocycles. The largest absolute Gasteiger partial charge is 0.462 e. The molecule has 2 aliphatic rings. The van der Waals surface area contributed by atoms with Crippen molar-refractivity contribution in [3.05, 3.63) is 90.0 Å².